The minimum atomic E-state index is -4.69. The summed E-state index contributed by atoms with van der Waals surface area (Å²) in [4.78, 5) is 21.0. The number of halogens is 3. The highest BCUT2D eigenvalue weighted by Gasteiger charge is 2.34. The fourth-order valence-corrected chi connectivity index (χ4v) is 1.36. The van der Waals surface area contributed by atoms with E-state index in [-0.39, 0.29) is 5.69 Å². The van der Waals surface area contributed by atoms with Crippen LogP contribution in [0.3, 0.4) is 0 Å². The number of nitro benzene ring substituents is 1. The molecular formula is C11H12F3N3O3. The van der Waals surface area contributed by atoms with Crippen LogP contribution in [-0.4, -0.2) is 16.4 Å². The van der Waals surface area contributed by atoms with Gasteiger partial charge in [0.25, 0.3) is 5.69 Å². The van der Waals surface area contributed by atoms with E-state index in [1.807, 2.05) is 0 Å². The van der Waals surface area contributed by atoms with Gasteiger partial charge >= 0.3 is 6.18 Å². The molecule has 1 aromatic rings. The predicted molar refractivity (Wildman–Crippen MR) is 65.0 cm³/mol. The molecule has 0 bridgehead atoms. The van der Waals surface area contributed by atoms with E-state index in [4.69, 9.17) is 5.73 Å². The summed E-state index contributed by atoms with van der Waals surface area (Å²) in [5.74, 6) is -0.799. The summed E-state index contributed by atoms with van der Waals surface area (Å²) in [5.41, 5.74) is 1.60. The molecule has 9 heteroatoms. The number of carbonyl (C=O) groups is 1. The number of primary amides is 1. The average molecular weight is 291 g/mol. The number of nitrogens with one attached hydrogen (secondary N) is 1. The van der Waals surface area contributed by atoms with Gasteiger partial charge in [0.15, 0.2) is 0 Å². The molecular weight excluding hydrogens is 279 g/mol. The lowest BCUT2D eigenvalue weighted by molar-refractivity contribution is -0.384. The smallest absolute Gasteiger partial charge is 0.368 e. The zero-order chi connectivity index (χ0) is 15.7. The lowest BCUT2D eigenvalue weighted by atomic mass is 10.0. The van der Waals surface area contributed by atoms with Crippen molar-refractivity contribution in [2.24, 2.45) is 5.73 Å². The maximum atomic E-state index is 12.5. The molecule has 3 N–H and O–H groups in total. The quantitative estimate of drug-likeness (QED) is 0.656. The van der Waals surface area contributed by atoms with Crippen molar-refractivity contribution in [1.29, 1.82) is 0 Å². The lowest BCUT2D eigenvalue weighted by Gasteiger charge is -2.23. The first-order valence-corrected chi connectivity index (χ1v) is 5.39. The van der Waals surface area contributed by atoms with Gasteiger partial charge in [-0.3, -0.25) is 14.9 Å². The van der Waals surface area contributed by atoms with Gasteiger partial charge in [-0.15, -0.1) is 0 Å². The Morgan fingerprint density at radius 1 is 1.35 bits per heavy atom. The van der Waals surface area contributed by atoms with Crippen LogP contribution in [0, 0.1) is 10.1 Å². The molecule has 0 aliphatic carbocycles. The van der Waals surface area contributed by atoms with Gasteiger partial charge < -0.3 is 11.1 Å². The van der Waals surface area contributed by atoms with Crippen LogP contribution in [0.5, 0.6) is 0 Å². The number of hydrogen-bond donors (Lipinski definition) is 2. The molecule has 0 spiro atoms. The van der Waals surface area contributed by atoms with Gasteiger partial charge in [0.1, 0.15) is 11.2 Å². The lowest BCUT2D eigenvalue weighted by Crippen LogP contribution is -2.45. The SMILES string of the molecule is CC(C)(Nc1ccc(C(F)(F)F)cc1[N+](=O)[O-])C(N)=O. The van der Waals surface area contributed by atoms with Crippen molar-refractivity contribution in [2.75, 3.05) is 5.32 Å². The molecule has 20 heavy (non-hydrogen) atoms. The van der Waals surface area contributed by atoms with E-state index in [0.717, 1.165) is 6.07 Å². The zero-order valence-corrected chi connectivity index (χ0v) is 10.6. The van der Waals surface area contributed by atoms with Gasteiger partial charge in [-0.1, -0.05) is 0 Å². The molecule has 0 saturated carbocycles. The summed E-state index contributed by atoms with van der Waals surface area (Å²) in [5, 5.41) is 13.3. The topological polar surface area (TPSA) is 98.3 Å². The van der Waals surface area contributed by atoms with Crippen LogP contribution in [0.25, 0.3) is 0 Å². The minimum Gasteiger partial charge on any atom is -0.368 e. The molecule has 0 radical (unpaired) electrons. The molecule has 0 fully saturated rings. The standard InChI is InChI=1S/C11H12F3N3O3/c1-10(2,9(15)18)16-7-4-3-6(11(12,13)14)5-8(7)17(19)20/h3-5,16H,1-2H3,(H2,15,18). The van der Waals surface area contributed by atoms with Crippen LogP contribution >= 0.6 is 0 Å². The van der Waals surface area contributed by atoms with Crippen LogP contribution in [0.1, 0.15) is 19.4 Å². The van der Waals surface area contributed by atoms with Gasteiger partial charge in [0.05, 0.1) is 10.5 Å². The maximum absolute atomic E-state index is 12.5. The molecule has 0 aliphatic rings. The average Bonchev–Trinajstić information content (AvgIpc) is 2.26. The molecule has 1 rings (SSSR count). The Morgan fingerprint density at radius 2 is 1.90 bits per heavy atom. The van der Waals surface area contributed by atoms with E-state index in [1.54, 1.807) is 0 Å². The first-order chi connectivity index (χ1) is 8.95. The number of carbonyl (C=O) groups excluding carboxylic acids is 1. The number of rotatable bonds is 4. The van der Waals surface area contributed by atoms with E-state index in [2.05, 4.69) is 5.32 Å². The van der Waals surface area contributed by atoms with Gasteiger partial charge in [-0.2, -0.15) is 13.2 Å². The first kappa shape index (κ1) is 15.7. The summed E-state index contributed by atoms with van der Waals surface area (Å²) >= 11 is 0. The fourth-order valence-electron chi connectivity index (χ4n) is 1.36. The van der Waals surface area contributed by atoms with Crippen LogP contribution in [0.4, 0.5) is 24.5 Å². The van der Waals surface area contributed by atoms with E-state index < -0.39 is 33.8 Å². The number of alkyl halides is 3. The third-order valence-electron chi connectivity index (χ3n) is 2.58. The molecule has 0 saturated heterocycles. The monoisotopic (exact) mass is 291 g/mol. The Balaban J connectivity index is 3.28. The number of nitro groups is 1. The summed E-state index contributed by atoms with van der Waals surface area (Å²) in [6, 6.07) is 1.98. The number of nitrogens with two attached hydrogens (primary N) is 1. The Labute approximate surface area is 111 Å². The molecule has 0 heterocycles. The van der Waals surface area contributed by atoms with Crippen molar-refractivity contribution in [3.63, 3.8) is 0 Å². The number of hydrogen-bond acceptors (Lipinski definition) is 4. The molecule has 1 amide bonds. The third kappa shape index (κ3) is 3.37. The normalized spacial score (nSPS) is 12.1. The maximum Gasteiger partial charge on any atom is 0.416 e. The zero-order valence-electron chi connectivity index (χ0n) is 10.6. The van der Waals surface area contributed by atoms with E-state index in [1.165, 1.54) is 13.8 Å². The van der Waals surface area contributed by atoms with Crippen LogP contribution in [0.2, 0.25) is 0 Å². The number of nitrogens with zero attached hydrogens (tertiary/aromatic N) is 1. The Morgan fingerprint density at radius 3 is 2.30 bits per heavy atom. The predicted octanol–water partition coefficient (Wildman–Crippen LogP) is 2.29. The van der Waals surface area contributed by atoms with Crippen LogP contribution < -0.4 is 11.1 Å². The Bertz CT molecular complexity index is 556. The minimum absolute atomic E-state index is 0.216. The van der Waals surface area contributed by atoms with Crippen molar-refractivity contribution in [3.8, 4) is 0 Å². The number of benzene rings is 1. The molecule has 6 nitrogen and oxygen atoms in total. The van der Waals surface area contributed by atoms with Gasteiger partial charge in [0, 0.05) is 6.07 Å². The van der Waals surface area contributed by atoms with Crippen molar-refractivity contribution in [2.45, 2.75) is 25.6 Å². The second kappa shape index (κ2) is 4.99. The highest BCUT2D eigenvalue weighted by atomic mass is 19.4. The second-order valence-electron chi connectivity index (χ2n) is 4.60. The molecule has 0 unspecified atom stereocenters. The largest absolute Gasteiger partial charge is 0.416 e. The van der Waals surface area contributed by atoms with Crippen molar-refractivity contribution >= 4 is 17.3 Å². The third-order valence-corrected chi connectivity index (χ3v) is 2.58. The Hall–Kier alpha value is -2.32. The van der Waals surface area contributed by atoms with Crippen molar-refractivity contribution < 1.29 is 22.9 Å². The van der Waals surface area contributed by atoms with E-state index in [0.29, 0.717) is 12.1 Å². The van der Waals surface area contributed by atoms with Gasteiger partial charge in [-0.25, -0.2) is 0 Å². The van der Waals surface area contributed by atoms with Crippen LogP contribution in [-0.2, 0) is 11.0 Å². The van der Waals surface area contributed by atoms with Gasteiger partial charge in [0.2, 0.25) is 5.91 Å². The van der Waals surface area contributed by atoms with Crippen LogP contribution in [0.15, 0.2) is 18.2 Å². The molecule has 1 aromatic carbocycles. The second-order valence-corrected chi connectivity index (χ2v) is 4.60. The highest BCUT2D eigenvalue weighted by molar-refractivity contribution is 5.87. The fraction of sp³-hybridized carbons (Fsp3) is 0.364. The Kier molecular flexibility index (Phi) is 3.92. The molecule has 110 valence electrons. The van der Waals surface area contributed by atoms with Crippen molar-refractivity contribution in [3.05, 3.63) is 33.9 Å². The van der Waals surface area contributed by atoms with E-state index >= 15 is 0 Å². The number of anilines is 1. The molecule has 0 atom stereocenters. The number of amides is 1. The molecule has 0 aliphatic heterocycles. The molecule has 0 aromatic heterocycles. The van der Waals surface area contributed by atoms with Gasteiger partial charge in [-0.05, 0) is 26.0 Å². The summed E-state index contributed by atoms with van der Waals surface area (Å²) in [6.45, 7) is 2.72. The van der Waals surface area contributed by atoms with E-state index in [9.17, 15) is 28.1 Å². The highest BCUT2D eigenvalue weighted by Crippen LogP contribution is 2.35. The summed E-state index contributed by atoms with van der Waals surface area (Å²) < 4.78 is 37.5. The van der Waals surface area contributed by atoms with Crippen molar-refractivity contribution in [1.82, 2.24) is 0 Å². The summed E-state index contributed by atoms with van der Waals surface area (Å²) in [7, 11) is 0. The summed E-state index contributed by atoms with van der Waals surface area (Å²) in [6.07, 6.45) is -4.69. The first-order valence-electron chi connectivity index (χ1n) is 5.39.